The fourth-order valence-electron chi connectivity index (χ4n) is 2.41. The maximum atomic E-state index is 8.24. The minimum absolute atomic E-state index is 0.0532. The van der Waals surface area contributed by atoms with E-state index >= 15 is 0 Å². The number of hydrogen-bond acceptors (Lipinski definition) is 2. The van der Waals surface area contributed by atoms with Gasteiger partial charge in [-0.15, -0.1) is 0 Å². The van der Waals surface area contributed by atoms with E-state index in [1.54, 1.807) is 0 Å². The van der Waals surface area contributed by atoms with Crippen LogP contribution in [0.1, 0.15) is 39.5 Å². The molecular weight excluding hydrogens is 164 g/mol. The molecular formula is C9H18N4. The van der Waals surface area contributed by atoms with Crippen molar-refractivity contribution in [2.24, 2.45) is 16.8 Å². The van der Waals surface area contributed by atoms with Crippen molar-refractivity contribution in [1.29, 1.82) is 0 Å². The van der Waals surface area contributed by atoms with E-state index < -0.39 is 0 Å². The summed E-state index contributed by atoms with van der Waals surface area (Å²) in [6.45, 7) is 4.34. The van der Waals surface area contributed by atoms with Gasteiger partial charge in [-0.05, 0) is 24.3 Å². The topological polar surface area (TPSA) is 74.8 Å². The molecule has 0 heterocycles. The highest BCUT2D eigenvalue weighted by Gasteiger charge is 2.44. The van der Waals surface area contributed by atoms with Gasteiger partial charge in [0.2, 0.25) is 0 Å². The lowest BCUT2D eigenvalue weighted by atomic mass is 9.64. The van der Waals surface area contributed by atoms with Crippen LogP contribution in [0.25, 0.3) is 10.4 Å². The highest BCUT2D eigenvalue weighted by atomic mass is 15.2. The third kappa shape index (κ3) is 1.95. The standard InChI is InChI=1S/C9H18N4/c1-3-7(4-2)9(10)5-8(6-9)12-13-11/h7-8H,3-6,10H2,1-2H3. The molecule has 1 aliphatic carbocycles. The molecule has 4 nitrogen and oxygen atoms in total. The number of azide groups is 1. The first-order valence-electron chi connectivity index (χ1n) is 4.99. The zero-order chi connectivity index (χ0) is 9.90. The van der Waals surface area contributed by atoms with E-state index in [-0.39, 0.29) is 11.6 Å². The van der Waals surface area contributed by atoms with Crippen molar-refractivity contribution >= 4 is 0 Å². The second-order valence-electron chi connectivity index (χ2n) is 4.01. The lowest BCUT2D eigenvalue weighted by molar-refractivity contribution is 0.120. The third-order valence-electron chi connectivity index (χ3n) is 3.24. The van der Waals surface area contributed by atoms with E-state index in [4.69, 9.17) is 11.3 Å². The van der Waals surface area contributed by atoms with Crippen LogP contribution in [0.5, 0.6) is 0 Å². The second kappa shape index (κ2) is 3.99. The first kappa shape index (κ1) is 10.4. The summed E-state index contributed by atoms with van der Waals surface area (Å²) < 4.78 is 0. The molecule has 1 fully saturated rings. The average molecular weight is 182 g/mol. The van der Waals surface area contributed by atoms with Crippen molar-refractivity contribution in [3.63, 3.8) is 0 Å². The van der Waals surface area contributed by atoms with Crippen molar-refractivity contribution in [2.75, 3.05) is 0 Å². The highest BCUT2D eigenvalue weighted by molar-refractivity contribution is 5.05. The van der Waals surface area contributed by atoms with Gasteiger partial charge < -0.3 is 5.73 Å². The van der Waals surface area contributed by atoms with E-state index in [1.807, 2.05) is 0 Å². The molecule has 0 aliphatic heterocycles. The number of rotatable bonds is 4. The molecule has 4 heteroatoms. The Balaban J connectivity index is 2.48. The molecule has 0 unspecified atom stereocenters. The summed E-state index contributed by atoms with van der Waals surface area (Å²) in [6.07, 6.45) is 3.97. The molecule has 1 aliphatic rings. The monoisotopic (exact) mass is 182 g/mol. The Kier molecular flexibility index (Phi) is 3.17. The Morgan fingerprint density at radius 1 is 1.54 bits per heavy atom. The molecule has 0 saturated heterocycles. The summed E-state index contributed by atoms with van der Waals surface area (Å²) in [7, 11) is 0. The van der Waals surface area contributed by atoms with Gasteiger partial charge >= 0.3 is 0 Å². The molecule has 2 N–H and O–H groups in total. The van der Waals surface area contributed by atoms with E-state index in [0.717, 1.165) is 25.7 Å². The van der Waals surface area contributed by atoms with Crippen LogP contribution >= 0.6 is 0 Å². The largest absolute Gasteiger partial charge is 0.325 e. The maximum Gasteiger partial charge on any atom is 0.0409 e. The van der Waals surface area contributed by atoms with Gasteiger partial charge in [-0.2, -0.15) is 0 Å². The van der Waals surface area contributed by atoms with Gasteiger partial charge in [-0.25, -0.2) is 0 Å². The summed E-state index contributed by atoms with van der Waals surface area (Å²) in [5.41, 5.74) is 14.4. The molecule has 0 bridgehead atoms. The molecule has 0 aromatic heterocycles. The smallest absolute Gasteiger partial charge is 0.0409 e. The van der Waals surface area contributed by atoms with Gasteiger partial charge in [0, 0.05) is 16.5 Å². The van der Waals surface area contributed by atoms with Crippen LogP contribution in [0, 0.1) is 5.92 Å². The summed E-state index contributed by atoms with van der Waals surface area (Å²) in [4.78, 5) is 2.80. The zero-order valence-electron chi connectivity index (χ0n) is 8.40. The van der Waals surface area contributed by atoms with Crippen molar-refractivity contribution < 1.29 is 0 Å². The molecule has 0 radical (unpaired) electrons. The van der Waals surface area contributed by atoms with Gasteiger partial charge in [0.15, 0.2) is 0 Å². The fraction of sp³-hybridized carbons (Fsp3) is 1.00. The number of nitrogens with zero attached hydrogens (tertiary/aromatic N) is 3. The molecule has 0 spiro atoms. The van der Waals surface area contributed by atoms with Crippen LogP contribution in [0.2, 0.25) is 0 Å². The van der Waals surface area contributed by atoms with E-state index in [2.05, 4.69) is 23.9 Å². The van der Waals surface area contributed by atoms with Gasteiger partial charge in [-0.1, -0.05) is 31.8 Å². The molecule has 1 rings (SSSR count). The van der Waals surface area contributed by atoms with Crippen LogP contribution in [-0.2, 0) is 0 Å². The molecule has 0 atom stereocenters. The predicted octanol–water partition coefficient (Wildman–Crippen LogP) is 2.59. The zero-order valence-corrected chi connectivity index (χ0v) is 8.40. The SMILES string of the molecule is CCC(CC)C1(N)CC(N=[N+]=[N-])C1. The van der Waals surface area contributed by atoms with Crippen LogP contribution < -0.4 is 5.73 Å². The molecule has 1 saturated carbocycles. The van der Waals surface area contributed by atoms with Crippen molar-refractivity contribution in [3.8, 4) is 0 Å². The highest BCUT2D eigenvalue weighted by Crippen LogP contribution is 2.41. The van der Waals surface area contributed by atoms with Gasteiger partial charge in [0.25, 0.3) is 0 Å². The Morgan fingerprint density at radius 3 is 2.46 bits per heavy atom. The quantitative estimate of drug-likeness (QED) is 0.405. The first-order valence-corrected chi connectivity index (χ1v) is 4.99. The van der Waals surface area contributed by atoms with E-state index in [9.17, 15) is 0 Å². The van der Waals surface area contributed by atoms with Crippen molar-refractivity contribution in [2.45, 2.75) is 51.1 Å². The average Bonchev–Trinajstić information content (AvgIpc) is 2.04. The Labute approximate surface area is 79.1 Å². The summed E-state index contributed by atoms with van der Waals surface area (Å²) in [5, 5.41) is 3.68. The Hall–Kier alpha value is -0.730. The first-order chi connectivity index (χ1) is 6.16. The van der Waals surface area contributed by atoms with Crippen LogP contribution in [0.3, 0.4) is 0 Å². The summed E-state index contributed by atoms with van der Waals surface area (Å²) in [6, 6.07) is 0.149. The number of nitrogens with two attached hydrogens (primary N) is 1. The van der Waals surface area contributed by atoms with Crippen molar-refractivity contribution in [3.05, 3.63) is 10.4 Å². The lowest BCUT2D eigenvalue weighted by Gasteiger charge is -2.48. The predicted molar refractivity (Wildman–Crippen MR) is 53.2 cm³/mol. The second-order valence-corrected chi connectivity index (χ2v) is 4.01. The Bertz CT molecular complexity index is 210. The van der Waals surface area contributed by atoms with Gasteiger partial charge in [-0.3, -0.25) is 0 Å². The minimum Gasteiger partial charge on any atom is -0.325 e. The third-order valence-corrected chi connectivity index (χ3v) is 3.24. The normalized spacial score (nSPS) is 32.5. The Morgan fingerprint density at radius 2 is 2.08 bits per heavy atom. The van der Waals surface area contributed by atoms with Gasteiger partial charge in [0.05, 0.1) is 0 Å². The van der Waals surface area contributed by atoms with Crippen molar-refractivity contribution in [1.82, 2.24) is 0 Å². The molecule has 0 amide bonds. The van der Waals surface area contributed by atoms with Gasteiger partial charge in [0.1, 0.15) is 0 Å². The van der Waals surface area contributed by atoms with E-state index in [0.29, 0.717) is 5.92 Å². The van der Waals surface area contributed by atoms with Crippen LogP contribution in [0.15, 0.2) is 5.11 Å². The lowest BCUT2D eigenvalue weighted by Crippen LogP contribution is -2.58. The van der Waals surface area contributed by atoms with Crippen LogP contribution in [0.4, 0.5) is 0 Å². The minimum atomic E-state index is -0.0532. The summed E-state index contributed by atoms with van der Waals surface area (Å²) >= 11 is 0. The molecule has 0 aromatic carbocycles. The summed E-state index contributed by atoms with van der Waals surface area (Å²) in [5.74, 6) is 0.581. The number of hydrogen-bond donors (Lipinski definition) is 1. The maximum absolute atomic E-state index is 8.24. The molecule has 13 heavy (non-hydrogen) atoms. The molecule has 74 valence electrons. The molecule has 0 aromatic rings. The van der Waals surface area contributed by atoms with E-state index in [1.165, 1.54) is 0 Å². The van der Waals surface area contributed by atoms with Crippen LogP contribution in [-0.4, -0.2) is 11.6 Å². The fourth-order valence-corrected chi connectivity index (χ4v) is 2.41.